The predicted octanol–water partition coefficient (Wildman–Crippen LogP) is 4.67. The van der Waals surface area contributed by atoms with E-state index in [9.17, 15) is 14.9 Å². The third kappa shape index (κ3) is 2.44. The van der Waals surface area contributed by atoms with Crippen LogP contribution in [0.15, 0.2) is 12.1 Å². The smallest absolute Gasteiger partial charge is 0.273 e. The molecule has 0 radical (unpaired) electrons. The van der Waals surface area contributed by atoms with Crippen LogP contribution in [0.25, 0.3) is 10.2 Å². The van der Waals surface area contributed by atoms with E-state index >= 15 is 0 Å². The Labute approximate surface area is 155 Å². The highest BCUT2D eigenvalue weighted by Gasteiger charge is 2.54. The predicted molar refractivity (Wildman–Crippen MR) is 100 cm³/mol. The van der Waals surface area contributed by atoms with Crippen molar-refractivity contribution in [1.82, 2.24) is 4.98 Å². The van der Waals surface area contributed by atoms with Crippen molar-refractivity contribution in [2.75, 3.05) is 5.32 Å². The Kier molecular flexibility index (Phi) is 3.41. The molecule has 26 heavy (non-hydrogen) atoms. The summed E-state index contributed by atoms with van der Waals surface area (Å²) in [5, 5.41) is 14.7. The first kappa shape index (κ1) is 16.2. The molecule has 136 valence electrons. The fourth-order valence-electron chi connectivity index (χ4n) is 5.94. The van der Waals surface area contributed by atoms with E-state index < -0.39 is 0 Å². The van der Waals surface area contributed by atoms with E-state index in [0.717, 1.165) is 24.0 Å². The molecule has 4 fully saturated rings. The van der Waals surface area contributed by atoms with Gasteiger partial charge in [-0.05, 0) is 69.3 Å². The van der Waals surface area contributed by atoms with Crippen molar-refractivity contribution in [1.29, 1.82) is 0 Å². The number of anilines is 1. The molecule has 6 nitrogen and oxygen atoms in total. The molecule has 4 bridgehead atoms. The van der Waals surface area contributed by atoms with Crippen LogP contribution in [0.4, 0.5) is 10.8 Å². The summed E-state index contributed by atoms with van der Waals surface area (Å²) < 4.78 is 0.739. The van der Waals surface area contributed by atoms with Gasteiger partial charge in [0.2, 0.25) is 5.91 Å². The summed E-state index contributed by atoms with van der Waals surface area (Å²) in [6, 6.07) is 3.28. The third-order valence-electron chi connectivity index (χ3n) is 6.64. The van der Waals surface area contributed by atoms with Crippen molar-refractivity contribution in [2.45, 2.75) is 45.4 Å². The first-order valence-electron chi connectivity index (χ1n) is 9.29. The van der Waals surface area contributed by atoms with Crippen molar-refractivity contribution in [3.63, 3.8) is 0 Å². The van der Waals surface area contributed by atoms with Crippen molar-refractivity contribution >= 4 is 38.3 Å². The lowest BCUT2D eigenvalue weighted by molar-refractivity contribution is -0.385. The Balaban J connectivity index is 1.42. The molecule has 0 atom stereocenters. The highest BCUT2D eigenvalue weighted by atomic mass is 32.1. The van der Waals surface area contributed by atoms with Gasteiger partial charge in [-0.15, -0.1) is 0 Å². The number of carbonyl (C=O) groups is 1. The summed E-state index contributed by atoms with van der Waals surface area (Å²) in [6.07, 6.45) is 6.95. The van der Waals surface area contributed by atoms with Gasteiger partial charge in [0.25, 0.3) is 5.69 Å². The van der Waals surface area contributed by atoms with Crippen molar-refractivity contribution in [2.24, 2.45) is 23.2 Å². The van der Waals surface area contributed by atoms with Gasteiger partial charge in [0.05, 0.1) is 20.6 Å². The maximum Gasteiger partial charge on any atom is 0.273 e. The van der Waals surface area contributed by atoms with Crippen molar-refractivity contribution in [3.8, 4) is 0 Å². The lowest BCUT2D eigenvalue weighted by Crippen LogP contribution is -2.51. The van der Waals surface area contributed by atoms with Crippen LogP contribution in [0.3, 0.4) is 0 Å². The van der Waals surface area contributed by atoms with E-state index in [4.69, 9.17) is 0 Å². The van der Waals surface area contributed by atoms with Crippen LogP contribution in [-0.4, -0.2) is 15.8 Å². The zero-order chi connectivity index (χ0) is 18.1. The number of hydrogen-bond donors (Lipinski definition) is 1. The SMILES string of the molecule is Cc1cc2nc(NC(=O)C34CC5CC(CC(C5)C3)C4)sc2cc1[N+](=O)[O-]. The van der Waals surface area contributed by atoms with Crippen molar-refractivity contribution < 1.29 is 9.72 Å². The Morgan fingerprint density at radius 3 is 2.42 bits per heavy atom. The van der Waals surface area contributed by atoms with Crippen molar-refractivity contribution in [3.05, 3.63) is 27.8 Å². The van der Waals surface area contributed by atoms with Gasteiger partial charge in [-0.25, -0.2) is 4.98 Å². The topological polar surface area (TPSA) is 85.1 Å². The lowest BCUT2D eigenvalue weighted by Gasteiger charge is -2.55. The molecule has 1 aromatic heterocycles. The fourth-order valence-corrected chi connectivity index (χ4v) is 6.81. The average Bonchev–Trinajstić information content (AvgIpc) is 2.93. The summed E-state index contributed by atoms with van der Waals surface area (Å²) in [7, 11) is 0. The third-order valence-corrected chi connectivity index (χ3v) is 7.58. The number of nitrogens with zero attached hydrogens (tertiary/aromatic N) is 2. The van der Waals surface area contributed by atoms with Crippen LogP contribution in [0.5, 0.6) is 0 Å². The lowest BCUT2D eigenvalue weighted by atomic mass is 9.49. The maximum atomic E-state index is 13.1. The molecule has 0 aliphatic heterocycles. The van der Waals surface area contributed by atoms with Crippen LogP contribution >= 0.6 is 11.3 Å². The van der Waals surface area contributed by atoms with Crippen LogP contribution in [0.1, 0.15) is 44.1 Å². The Bertz CT molecular complexity index is 900. The highest BCUT2D eigenvalue weighted by Crippen LogP contribution is 2.60. The molecule has 0 unspecified atom stereocenters. The average molecular weight is 371 g/mol. The monoisotopic (exact) mass is 371 g/mol. The van der Waals surface area contributed by atoms with E-state index in [1.165, 1.54) is 30.6 Å². The van der Waals surface area contributed by atoms with Gasteiger partial charge in [0.1, 0.15) is 0 Å². The molecule has 6 rings (SSSR count). The highest BCUT2D eigenvalue weighted by molar-refractivity contribution is 7.22. The summed E-state index contributed by atoms with van der Waals surface area (Å²) in [4.78, 5) is 28.4. The molecule has 4 aliphatic rings. The second kappa shape index (κ2) is 5.49. The number of amides is 1. The normalized spacial score (nSPS) is 32.1. The molecule has 2 aromatic rings. The van der Waals surface area contributed by atoms with Gasteiger partial charge in [-0.1, -0.05) is 11.3 Å². The number of hydrogen-bond acceptors (Lipinski definition) is 5. The Morgan fingerprint density at radius 1 is 1.23 bits per heavy atom. The van der Waals surface area contributed by atoms with Gasteiger partial charge in [0.15, 0.2) is 5.13 Å². The molecule has 0 saturated heterocycles. The molecular weight excluding hydrogens is 350 g/mol. The van der Waals surface area contributed by atoms with Gasteiger partial charge < -0.3 is 5.32 Å². The summed E-state index contributed by atoms with van der Waals surface area (Å²) in [6.45, 7) is 1.71. The first-order valence-corrected chi connectivity index (χ1v) is 10.1. The second-order valence-corrected chi connectivity index (χ2v) is 9.57. The standard InChI is InChI=1S/C19H21N3O3S/c1-10-2-14-16(6-15(10)22(24)25)26-18(20-14)21-17(23)19-7-11-3-12(8-19)5-13(4-11)9-19/h2,6,11-13H,3-5,7-9H2,1H3,(H,20,21,23). The van der Waals surface area contributed by atoms with Gasteiger partial charge in [-0.3, -0.25) is 14.9 Å². The van der Waals surface area contributed by atoms with E-state index in [1.54, 1.807) is 19.1 Å². The first-order chi connectivity index (χ1) is 12.4. The quantitative estimate of drug-likeness (QED) is 0.628. The minimum absolute atomic E-state index is 0.0973. The number of nitrogens with one attached hydrogen (secondary N) is 1. The van der Waals surface area contributed by atoms with Gasteiger partial charge >= 0.3 is 0 Å². The number of fused-ring (bicyclic) bond motifs is 1. The summed E-state index contributed by atoms with van der Waals surface area (Å²) in [5.41, 5.74) is 1.18. The zero-order valence-electron chi connectivity index (χ0n) is 14.7. The fraction of sp³-hybridized carbons (Fsp3) is 0.579. The number of rotatable bonds is 3. The Hall–Kier alpha value is -2.02. The molecule has 1 aromatic carbocycles. The maximum absolute atomic E-state index is 13.1. The number of carbonyl (C=O) groups excluding carboxylic acids is 1. The number of aromatic nitrogens is 1. The molecule has 0 spiro atoms. The molecule has 1 heterocycles. The molecule has 7 heteroatoms. The minimum Gasteiger partial charge on any atom is -0.301 e. The number of nitro groups is 1. The van der Waals surface area contributed by atoms with Gasteiger partial charge in [0, 0.05) is 11.6 Å². The van der Waals surface area contributed by atoms with Gasteiger partial charge in [-0.2, -0.15) is 0 Å². The molecule has 1 N–H and O–H groups in total. The van der Waals surface area contributed by atoms with E-state index in [2.05, 4.69) is 10.3 Å². The number of aryl methyl sites for hydroxylation is 1. The van der Waals surface area contributed by atoms with Crippen LogP contribution in [0, 0.1) is 40.2 Å². The molecule has 1 amide bonds. The van der Waals surface area contributed by atoms with Crippen LogP contribution in [0.2, 0.25) is 0 Å². The molecule has 4 saturated carbocycles. The van der Waals surface area contributed by atoms with Crippen LogP contribution in [-0.2, 0) is 4.79 Å². The molecule has 4 aliphatic carbocycles. The minimum atomic E-state index is -0.373. The van der Waals surface area contributed by atoms with E-state index in [0.29, 0.717) is 34.0 Å². The summed E-state index contributed by atoms with van der Waals surface area (Å²) in [5.74, 6) is 2.26. The van der Waals surface area contributed by atoms with Crippen LogP contribution < -0.4 is 5.32 Å². The number of thiazole rings is 1. The number of benzene rings is 1. The van der Waals surface area contributed by atoms with E-state index in [1.807, 2.05) is 0 Å². The second-order valence-electron chi connectivity index (χ2n) is 8.53. The largest absolute Gasteiger partial charge is 0.301 e. The number of nitro benzene ring substituents is 1. The Morgan fingerprint density at radius 2 is 1.85 bits per heavy atom. The summed E-state index contributed by atoms with van der Waals surface area (Å²) >= 11 is 1.32. The molecular formula is C19H21N3O3S. The zero-order valence-corrected chi connectivity index (χ0v) is 15.5. The van der Waals surface area contributed by atoms with E-state index in [-0.39, 0.29) is 21.9 Å².